The van der Waals surface area contributed by atoms with Gasteiger partial charge in [-0.2, -0.15) is 13.2 Å². The monoisotopic (exact) mass is 273 g/mol. The van der Waals surface area contributed by atoms with E-state index in [1.165, 1.54) is 24.3 Å². The quantitative estimate of drug-likeness (QED) is 0.793. The predicted molar refractivity (Wildman–Crippen MR) is 61.3 cm³/mol. The maximum atomic E-state index is 12.8. The van der Waals surface area contributed by atoms with E-state index in [1.54, 1.807) is 0 Å². The Kier molecular flexibility index (Phi) is 3.17. The predicted octanol–water partition coefficient (Wildman–Crippen LogP) is 4.13. The number of pyridine rings is 1. The number of hydrogen-bond donors (Lipinski definition) is 1. The zero-order chi connectivity index (χ0) is 13.3. The van der Waals surface area contributed by atoms with Crippen LogP contribution in [-0.2, 0) is 6.18 Å². The van der Waals surface area contributed by atoms with E-state index >= 15 is 0 Å². The highest BCUT2D eigenvalue weighted by molar-refractivity contribution is 6.29. The molecule has 0 saturated carbocycles. The molecule has 0 aliphatic rings. The minimum atomic E-state index is -4.50. The highest BCUT2D eigenvalue weighted by Gasteiger charge is 2.33. The lowest BCUT2D eigenvalue weighted by Gasteiger charge is -2.13. The smallest absolute Gasteiger partial charge is 0.417 e. The Morgan fingerprint density at radius 1 is 1.11 bits per heavy atom. The minimum Gasteiger partial charge on any atom is -0.506 e. The first kappa shape index (κ1) is 12.7. The Morgan fingerprint density at radius 2 is 1.78 bits per heavy atom. The summed E-state index contributed by atoms with van der Waals surface area (Å²) in [4.78, 5) is 3.59. The van der Waals surface area contributed by atoms with Crippen molar-refractivity contribution < 1.29 is 18.3 Å². The minimum absolute atomic E-state index is 0.00271. The molecule has 6 heteroatoms. The molecule has 2 nitrogen and oxygen atoms in total. The van der Waals surface area contributed by atoms with E-state index in [0.29, 0.717) is 0 Å². The van der Waals surface area contributed by atoms with Gasteiger partial charge in [-0.25, -0.2) is 4.98 Å². The van der Waals surface area contributed by atoms with Crippen molar-refractivity contribution in [1.82, 2.24) is 4.98 Å². The van der Waals surface area contributed by atoms with Gasteiger partial charge in [-0.05, 0) is 17.7 Å². The molecule has 0 amide bonds. The van der Waals surface area contributed by atoms with Crippen molar-refractivity contribution in [1.29, 1.82) is 0 Å². The second-order valence-electron chi connectivity index (χ2n) is 3.57. The molecular formula is C12H7ClF3NO. The third-order valence-electron chi connectivity index (χ3n) is 2.37. The van der Waals surface area contributed by atoms with Crippen LogP contribution >= 0.6 is 11.6 Å². The molecule has 0 aliphatic heterocycles. The van der Waals surface area contributed by atoms with Gasteiger partial charge in [-0.15, -0.1) is 0 Å². The highest BCUT2D eigenvalue weighted by atomic mass is 35.5. The summed E-state index contributed by atoms with van der Waals surface area (Å²) >= 11 is 5.63. The SMILES string of the molecule is Oc1cnc(Cl)cc1-c1ccccc1C(F)(F)F. The number of benzene rings is 1. The van der Waals surface area contributed by atoms with Crippen molar-refractivity contribution in [2.24, 2.45) is 0 Å². The van der Waals surface area contributed by atoms with Gasteiger partial charge in [0, 0.05) is 5.56 Å². The van der Waals surface area contributed by atoms with Crippen LogP contribution in [0.15, 0.2) is 36.5 Å². The van der Waals surface area contributed by atoms with Crippen molar-refractivity contribution in [2.75, 3.05) is 0 Å². The molecule has 94 valence electrons. The second kappa shape index (κ2) is 4.49. The van der Waals surface area contributed by atoms with Gasteiger partial charge in [0.2, 0.25) is 0 Å². The van der Waals surface area contributed by atoms with Crippen molar-refractivity contribution in [3.05, 3.63) is 47.2 Å². The van der Waals surface area contributed by atoms with Crippen LogP contribution in [-0.4, -0.2) is 10.1 Å². The van der Waals surface area contributed by atoms with Gasteiger partial charge in [0.1, 0.15) is 10.9 Å². The molecule has 0 spiro atoms. The summed E-state index contributed by atoms with van der Waals surface area (Å²) in [5.41, 5.74) is -0.961. The molecule has 0 radical (unpaired) electrons. The molecule has 0 atom stereocenters. The summed E-state index contributed by atoms with van der Waals surface area (Å²) in [5, 5.41) is 9.60. The number of rotatable bonds is 1. The van der Waals surface area contributed by atoms with Gasteiger partial charge in [0.15, 0.2) is 0 Å². The maximum Gasteiger partial charge on any atom is 0.417 e. The summed E-state index contributed by atoms with van der Waals surface area (Å²) < 4.78 is 38.5. The van der Waals surface area contributed by atoms with E-state index in [0.717, 1.165) is 12.3 Å². The van der Waals surface area contributed by atoms with Crippen molar-refractivity contribution >= 4 is 11.6 Å². The van der Waals surface area contributed by atoms with Crippen LogP contribution in [0.1, 0.15) is 5.56 Å². The maximum absolute atomic E-state index is 12.8. The van der Waals surface area contributed by atoms with Gasteiger partial charge in [0.25, 0.3) is 0 Å². The van der Waals surface area contributed by atoms with Crippen LogP contribution in [0, 0.1) is 0 Å². The van der Waals surface area contributed by atoms with E-state index in [4.69, 9.17) is 11.6 Å². The van der Waals surface area contributed by atoms with E-state index in [-0.39, 0.29) is 22.0 Å². The van der Waals surface area contributed by atoms with E-state index < -0.39 is 11.7 Å². The van der Waals surface area contributed by atoms with E-state index in [1.807, 2.05) is 0 Å². The largest absolute Gasteiger partial charge is 0.506 e. The summed E-state index contributed by atoms with van der Waals surface area (Å²) in [6.07, 6.45) is -3.48. The molecule has 0 saturated heterocycles. The first-order valence-corrected chi connectivity index (χ1v) is 5.28. The topological polar surface area (TPSA) is 33.1 Å². The average Bonchev–Trinajstić information content (AvgIpc) is 2.31. The molecular weight excluding hydrogens is 267 g/mol. The molecule has 1 N–H and O–H groups in total. The van der Waals surface area contributed by atoms with Crippen molar-refractivity contribution in [2.45, 2.75) is 6.18 Å². The Hall–Kier alpha value is -1.75. The van der Waals surface area contributed by atoms with Crippen LogP contribution < -0.4 is 0 Å². The Balaban J connectivity index is 2.68. The fourth-order valence-corrected chi connectivity index (χ4v) is 1.76. The summed E-state index contributed by atoms with van der Waals surface area (Å²) in [6.45, 7) is 0. The molecule has 1 aromatic carbocycles. The van der Waals surface area contributed by atoms with Crippen LogP contribution in [0.3, 0.4) is 0 Å². The highest BCUT2D eigenvalue weighted by Crippen LogP contribution is 2.40. The standard InChI is InChI=1S/C12H7ClF3NO/c13-11-5-8(10(18)6-17-11)7-3-1-2-4-9(7)12(14,15)16/h1-6,18H. The third-order valence-corrected chi connectivity index (χ3v) is 2.58. The molecule has 2 aromatic rings. The van der Waals surface area contributed by atoms with Crippen LogP contribution in [0.5, 0.6) is 5.75 Å². The van der Waals surface area contributed by atoms with Gasteiger partial charge >= 0.3 is 6.18 Å². The third kappa shape index (κ3) is 2.41. The molecule has 0 unspecified atom stereocenters. The van der Waals surface area contributed by atoms with Crippen LogP contribution in [0.2, 0.25) is 5.15 Å². The fourth-order valence-electron chi connectivity index (χ4n) is 1.60. The number of alkyl halides is 3. The molecule has 18 heavy (non-hydrogen) atoms. The molecule has 0 bridgehead atoms. The summed E-state index contributed by atoms with van der Waals surface area (Å²) in [6, 6.07) is 6.16. The summed E-state index contributed by atoms with van der Waals surface area (Å²) in [5.74, 6) is -0.351. The summed E-state index contributed by atoms with van der Waals surface area (Å²) in [7, 11) is 0. The lowest BCUT2D eigenvalue weighted by Crippen LogP contribution is -2.06. The zero-order valence-corrected chi connectivity index (χ0v) is 9.63. The second-order valence-corrected chi connectivity index (χ2v) is 3.95. The molecule has 0 fully saturated rings. The van der Waals surface area contributed by atoms with Gasteiger partial charge in [0.05, 0.1) is 11.8 Å². The molecule has 1 aromatic heterocycles. The Bertz CT molecular complexity index is 584. The zero-order valence-electron chi connectivity index (χ0n) is 8.87. The van der Waals surface area contributed by atoms with Gasteiger partial charge < -0.3 is 5.11 Å². The number of aromatic nitrogens is 1. The number of hydrogen-bond acceptors (Lipinski definition) is 2. The van der Waals surface area contributed by atoms with Gasteiger partial charge in [-0.3, -0.25) is 0 Å². The number of aromatic hydroxyl groups is 1. The molecule has 1 heterocycles. The Morgan fingerprint density at radius 3 is 2.44 bits per heavy atom. The van der Waals surface area contributed by atoms with Crippen LogP contribution in [0.4, 0.5) is 13.2 Å². The molecule has 0 aliphatic carbocycles. The van der Waals surface area contributed by atoms with Crippen molar-refractivity contribution in [3.8, 4) is 16.9 Å². The van der Waals surface area contributed by atoms with Crippen molar-refractivity contribution in [3.63, 3.8) is 0 Å². The first-order valence-electron chi connectivity index (χ1n) is 4.90. The average molecular weight is 274 g/mol. The molecule has 2 rings (SSSR count). The lowest BCUT2D eigenvalue weighted by atomic mass is 10.00. The van der Waals surface area contributed by atoms with E-state index in [2.05, 4.69) is 4.98 Å². The van der Waals surface area contributed by atoms with Crippen LogP contribution in [0.25, 0.3) is 11.1 Å². The van der Waals surface area contributed by atoms with E-state index in [9.17, 15) is 18.3 Å². The fraction of sp³-hybridized carbons (Fsp3) is 0.0833. The van der Waals surface area contributed by atoms with Gasteiger partial charge in [-0.1, -0.05) is 29.8 Å². The lowest BCUT2D eigenvalue weighted by molar-refractivity contribution is -0.137. The number of nitrogens with zero attached hydrogens (tertiary/aromatic N) is 1. The number of halogens is 4. The normalized spacial score (nSPS) is 11.6. The first-order chi connectivity index (χ1) is 8.39. The Labute approximate surface area is 106 Å².